The van der Waals surface area contributed by atoms with Gasteiger partial charge in [0.25, 0.3) is 5.56 Å². The molecule has 2 saturated heterocycles. The number of hydrogen-bond donors (Lipinski definition) is 1. The Morgan fingerprint density at radius 1 is 1.21 bits per heavy atom. The Labute approximate surface area is 140 Å². The van der Waals surface area contributed by atoms with Crippen molar-refractivity contribution >= 4 is 17.6 Å². The van der Waals surface area contributed by atoms with Crippen molar-refractivity contribution in [1.82, 2.24) is 34.7 Å². The molecule has 0 unspecified atom stereocenters. The van der Waals surface area contributed by atoms with Crippen molar-refractivity contribution in [1.29, 1.82) is 0 Å². The summed E-state index contributed by atoms with van der Waals surface area (Å²) in [6, 6.07) is 1.84. The average molecular weight is 342 g/mol. The summed E-state index contributed by atoms with van der Waals surface area (Å²) in [5.74, 6) is 3.84. The predicted octanol–water partition coefficient (Wildman–Crippen LogP) is 0.0895. The SMILES string of the molecule is O=c1c(-n2ccnn2)c[nH]n1-c1cc(N2CC3(CSC3)C2)ncn1. The fraction of sp³-hybridized carbons (Fsp3) is 0.357. The second-order valence-electron chi connectivity index (χ2n) is 6.23. The van der Waals surface area contributed by atoms with Crippen LogP contribution in [0, 0.1) is 5.41 Å². The average Bonchev–Trinajstić information content (AvgIpc) is 3.14. The Morgan fingerprint density at radius 2 is 2.04 bits per heavy atom. The lowest BCUT2D eigenvalue weighted by molar-refractivity contribution is 0.271. The summed E-state index contributed by atoms with van der Waals surface area (Å²) >= 11 is 2.00. The fourth-order valence-corrected chi connectivity index (χ4v) is 4.31. The first kappa shape index (κ1) is 13.8. The third-order valence-electron chi connectivity index (χ3n) is 4.48. The van der Waals surface area contributed by atoms with Crippen molar-refractivity contribution < 1.29 is 0 Å². The fourth-order valence-electron chi connectivity index (χ4n) is 3.16. The van der Waals surface area contributed by atoms with Gasteiger partial charge in [0.05, 0.1) is 18.6 Å². The van der Waals surface area contributed by atoms with Gasteiger partial charge in [0, 0.05) is 36.1 Å². The highest BCUT2D eigenvalue weighted by atomic mass is 32.2. The van der Waals surface area contributed by atoms with Gasteiger partial charge in [0.2, 0.25) is 0 Å². The van der Waals surface area contributed by atoms with Crippen molar-refractivity contribution in [3.05, 3.63) is 41.3 Å². The lowest BCUT2D eigenvalue weighted by atomic mass is 9.83. The van der Waals surface area contributed by atoms with Crippen LogP contribution in [0.4, 0.5) is 5.82 Å². The van der Waals surface area contributed by atoms with Crippen LogP contribution in [0.1, 0.15) is 0 Å². The van der Waals surface area contributed by atoms with E-state index in [4.69, 9.17) is 0 Å². The van der Waals surface area contributed by atoms with Gasteiger partial charge in [-0.25, -0.2) is 14.6 Å². The van der Waals surface area contributed by atoms with E-state index in [1.54, 1.807) is 12.4 Å². The highest BCUT2D eigenvalue weighted by Crippen LogP contribution is 2.46. The Kier molecular flexibility index (Phi) is 2.84. The first-order valence-electron chi connectivity index (χ1n) is 7.56. The molecule has 2 aliphatic rings. The quantitative estimate of drug-likeness (QED) is 0.720. The molecule has 0 bridgehead atoms. The van der Waals surface area contributed by atoms with E-state index >= 15 is 0 Å². The van der Waals surface area contributed by atoms with E-state index in [1.807, 2.05) is 17.8 Å². The molecule has 0 radical (unpaired) electrons. The summed E-state index contributed by atoms with van der Waals surface area (Å²) in [5, 5.41) is 10.5. The van der Waals surface area contributed by atoms with Crippen LogP contribution in [0.15, 0.2) is 35.8 Å². The predicted molar refractivity (Wildman–Crippen MR) is 88.9 cm³/mol. The van der Waals surface area contributed by atoms with Gasteiger partial charge in [-0.15, -0.1) is 5.10 Å². The van der Waals surface area contributed by atoms with Gasteiger partial charge in [0.15, 0.2) is 11.5 Å². The second kappa shape index (κ2) is 4.94. The zero-order valence-corrected chi connectivity index (χ0v) is 13.5. The van der Waals surface area contributed by atoms with Gasteiger partial charge in [-0.3, -0.25) is 9.89 Å². The van der Waals surface area contributed by atoms with Crippen molar-refractivity contribution in [2.45, 2.75) is 0 Å². The summed E-state index contributed by atoms with van der Waals surface area (Å²) in [5.41, 5.74) is 0.641. The molecule has 3 aromatic rings. The van der Waals surface area contributed by atoms with Crippen molar-refractivity contribution in [2.24, 2.45) is 5.41 Å². The molecule has 5 rings (SSSR count). The number of aromatic nitrogens is 7. The van der Waals surface area contributed by atoms with E-state index in [1.165, 1.54) is 33.4 Å². The number of H-pyrrole nitrogens is 1. The van der Waals surface area contributed by atoms with Crippen LogP contribution in [0.2, 0.25) is 0 Å². The van der Waals surface area contributed by atoms with Crippen LogP contribution in [-0.2, 0) is 0 Å². The maximum atomic E-state index is 12.6. The number of rotatable bonds is 3. The summed E-state index contributed by atoms with van der Waals surface area (Å²) in [4.78, 5) is 23.4. The molecule has 3 aromatic heterocycles. The van der Waals surface area contributed by atoms with Crippen LogP contribution in [-0.4, -0.2) is 59.3 Å². The summed E-state index contributed by atoms with van der Waals surface area (Å²) in [6.45, 7) is 2.06. The maximum absolute atomic E-state index is 12.6. The molecule has 2 fully saturated rings. The van der Waals surface area contributed by atoms with Crippen LogP contribution >= 0.6 is 11.8 Å². The summed E-state index contributed by atoms with van der Waals surface area (Å²) < 4.78 is 2.81. The molecule has 9 nitrogen and oxygen atoms in total. The molecule has 24 heavy (non-hydrogen) atoms. The van der Waals surface area contributed by atoms with Gasteiger partial charge in [-0.2, -0.15) is 16.4 Å². The molecule has 0 aromatic carbocycles. The van der Waals surface area contributed by atoms with Crippen molar-refractivity contribution in [3.8, 4) is 11.5 Å². The monoisotopic (exact) mass is 342 g/mol. The van der Waals surface area contributed by atoms with Crippen LogP contribution in [0.25, 0.3) is 11.5 Å². The lowest BCUT2D eigenvalue weighted by Crippen LogP contribution is -2.63. The third kappa shape index (κ3) is 1.99. The lowest BCUT2D eigenvalue weighted by Gasteiger charge is -2.55. The Balaban J connectivity index is 1.45. The maximum Gasteiger partial charge on any atom is 0.298 e. The smallest absolute Gasteiger partial charge is 0.298 e. The minimum atomic E-state index is -0.236. The third-order valence-corrected chi connectivity index (χ3v) is 6.12. The van der Waals surface area contributed by atoms with Crippen molar-refractivity contribution in [3.63, 3.8) is 0 Å². The largest absolute Gasteiger partial charge is 0.355 e. The highest BCUT2D eigenvalue weighted by molar-refractivity contribution is 8.00. The molecule has 2 aliphatic heterocycles. The molecule has 122 valence electrons. The van der Waals surface area contributed by atoms with Gasteiger partial charge in [-0.05, 0) is 0 Å². The van der Waals surface area contributed by atoms with Gasteiger partial charge >= 0.3 is 0 Å². The molecule has 1 spiro atoms. The zero-order chi connectivity index (χ0) is 16.1. The molecule has 0 saturated carbocycles. The Morgan fingerprint density at radius 3 is 2.75 bits per heavy atom. The molecule has 0 aliphatic carbocycles. The van der Waals surface area contributed by atoms with Gasteiger partial charge < -0.3 is 4.90 Å². The Bertz CT molecular complexity index is 934. The van der Waals surface area contributed by atoms with E-state index in [-0.39, 0.29) is 5.56 Å². The van der Waals surface area contributed by atoms with E-state index in [2.05, 4.69) is 30.3 Å². The molecule has 10 heteroatoms. The summed E-state index contributed by atoms with van der Waals surface area (Å²) in [6.07, 6.45) is 6.23. The number of hydrogen-bond acceptors (Lipinski definition) is 7. The number of anilines is 1. The minimum Gasteiger partial charge on any atom is -0.355 e. The molecule has 1 N–H and O–H groups in total. The first-order valence-corrected chi connectivity index (χ1v) is 8.72. The molecule has 0 atom stereocenters. The number of thioether (sulfide) groups is 1. The molecular formula is C14H14N8OS. The van der Waals surface area contributed by atoms with Gasteiger partial charge in [-0.1, -0.05) is 5.21 Å². The van der Waals surface area contributed by atoms with E-state index in [0.29, 0.717) is 16.9 Å². The van der Waals surface area contributed by atoms with Crippen LogP contribution < -0.4 is 10.5 Å². The molecule has 0 amide bonds. The number of nitrogens with one attached hydrogen (secondary N) is 1. The Hall–Kier alpha value is -2.62. The molecular weight excluding hydrogens is 328 g/mol. The standard InChI is InChI=1S/C14H14N8OS/c23-13-10(21-2-1-17-19-21)4-18-22(13)12-3-11(15-9-16-12)20-5-14(6-20)7-24-8-14/h1-4,9,18H,5-8H2. The van der Waals surface area contributed by atoms with E-state index in [9.17, 15) is 4.79 Å². The normalized spacial score (nSPS) is 18.4. The molecule has 5 heterocycles. The number of aromatic amines is 1. The summed E-state index contributed by atoms with van der Waals surface area (Å²) in [7, 11) is 0. The minimum absolute atomic E-state index is 0.236. The first-order chi connectivity index (χ1) is 11.7. The zero-order valence-electron chi connectivity index (χ0n) is 12.7. The van der Waals surface area contributed by atoms with Crippen LogP contribution in [0.5, 0.6) is 0 Å². The topological polar surface area (TPSA) is 97.5 Å². The van der Waals surface area contributed by atoms with Gasteiger partial charge in [0.1, 0.15) is 12.1 Å². The van der Waals surface area contributed by atoms with E-state index in [0.717, 1.165) is 18.9 Å². The number of nitrogens with zero attached hydrogens (tertiary/aromatic N) is 7. The van der Waals surface area contributed by atoms with E-state index < -0.39 is 0 Å². The van der Waals surface area contributed by atoms with Crippen molar-refractivity contribution in [2.75, 3.05) is 29.5 Å². The van der Waals surface area contributed by atoms with Crippen LogP contribution in [0.3, 0.4) is 0 Å². The second-order valence-corrected chi connectivity index (χ2v) is 7.22. The highest BCUT2D eigenvalue weighted by Gasteiger charge is 2.48.